The van der Waals surface area contributed by atoms with Crippen molar-refractivity contribution in [2.75, 3.05) is 0 Å². The predicted octanol–water partition coefficient (Wildman–Crippen LogP) is 5.94. The Bertz CT molecular complexity index is 1350. The summed E-state index contributed by atoms with van der Waals surface area (Å²) in [6.45, 7) is 2.58. The Balaban J connectivity index is 1.36. The van der Waals surface area contributed by atoms with Gasteiger partial charge in [0.05, 0.1) is 17.0 Å². The topological polar surface area (TPSA) is 81.9 Å². The molecule has 7 nitrogen and oxygen atoms in total. The van der Waals surface area contributed by atoms with Crippen molar-refractivity contribution in [1.29, 1.82) is 0 Å². The van der Waals surface area contributed by atoms with E-state index in [9.17, 15) is 4.79 Å². The van der Waals surface area contributed by atoms with E-state index >= 15 is 0 Å². The zero-order chi connectivity index (χ0) is 24.9. The number of halogens is 1. The number of rotatable bonds is 7. The number of carbonyl (C=O) groups is 1. The Kier molecular flexibility index (Phi) is 7.47. The largest absolute Gasteiger partial charge is 0.487 e. The number of ether oxygens (including phenoxy) is 1. The summed E-state index contributed by atoms with van der Waals surface area (Å²) in [5.74, 6) is 0.873. The molecule has 5 rings (SSSR count). The van der Waals surface area contributed by atoms with Gasteiger partial charge in [0.25, 0.3) is 0 Å². The van der Waals surface area contributed by atoms with Crippen molar-refractivity contribution in [3.63, 3.8) is 0 Å². The number of hydrogen-bond acceptors (Lipinski definition) is 5. The Morgan fingerprint density at radius 2 is 2.00 bits per heavy atom. The lowest BCUT2D eigenvalue weighted by molar-refractivity contribution is -0.125. The first-order valence-corrected chi connectivity index (χ1v) is 12.9. The zero-order valence-electron chi connectivity index (χ0n) is 20.4. The van der Waals surface area contributed by atoms with Gasteiger partial charge in [-0.15, -0.1) is 0 Å². The fourth-order valence-corrected chi connectivity index (χ4v) is 5.13. The number of nitrogens with one attached hydrogen (secondary N) is 1. The van der Waals surface area contributed by atoms with Gasteiger partial charge < -0.3 is 14.6 Å². The van der Waals surface area contributed by atoms with E-state index in [-0.39, 0.29) is 18.4 Å². The summed E-state index contributed by atoms with van der Waals surface area (Å²) in [6.07, 6.45) is 15.4. The minimum Gasteiger partial charge on any atom is -0.487 e. The highest BCUT2D eigenvalue weighted by Crippen LogP contribution is 2.31. The Morgan fingerprint density at radius 1 is 1.17 bits per heavy atom. The second-order valence-corrected chi connectivity index (χ2v) is 9.77. The number of hydrogen-bond donors (Lipinski definition) is 1. The summed E-state index contributed by atoms with van der Waals surface area (Å²) in [6, 6.07) is 7.92. The molecule has 1 amide bonds. The van der Waals surface area contributed by atoms with E-state index in [2.05, 4.69) is 15.3 Å². The number of para-hydroxylation sites is 1. The number of nitrogens with zero attached hydrogens (tertiary/aromatic N) is 4. The van der Waals surface area contributed by atoms with E-state index in [1.165, 1.54) is 12.8 Å². The summed E-state index contributed by atoms with van der Waals surface area (Å²) in [5, 5.41) is 4.59. The summed E-state index contributed by atoms with van der Waals surface area (Å²) in [5.41, 5.74) is 4.31. The molecule has 1 aromatic carbocycles. The summed E-state index contributed by atoms with van der Waals surface area (Å²) in [4.78, 5) is 26.0. The van der Waals surface area contributed by atoms with Crippen molar-refractivity contribution in [3.8, 4) is 11.4 Å². The third-order valence-corrected chi connectivity index (χ3v) is 7.16. The van der Waals surface area contributed by atoms with Crippen molar-refractivity contribution in [1.82, 2.24) is 24.8 Å². The molecule has 0 spiro atoms. The van der Waals surface area contributed by atoms with E-state index in [4.69, 9.17) is 21.3 Å². The molecule has 1 aliphatic rings. The molecule has 0 aliphatic heterocycles. The molecule has 3 heterocycles. The number of carbonyl (C=O) groups excluding carboxylic acids is 1. The van der Waals surface area contributed by atoms with Crippen LogP contribution in [0.3, 0.4) is 0 Å². The lowest BCUT2D eigenvalue weighted by atomic mass is 9.99. The molecule has 36 heavy (non-hydrogen) atoms. The van der Waals surface area contributed by atoms with Crippen molar-refractivity contribution in [3.05, 3.63) is 77.2 Å². The van der Waals surface area contributed by atoms with Crippen LogP contribution in [-0.2, 0) is 17.9 Å². The van der Waals surface area contributed by atoms with Crippen molar-refractivity contribution < 1.29 is 9.53 Å². The molecular weight excluding hydrogens is 474 g/mol. The Morgan fingerprint density at radius 3 is 2.78 bits per heavy atom. The maximum absolute atomic E-state index is 12.8. The lowest BCUT2D eigenvalue weighted by Crippen LogP contribution is -2.30. The average molecular weight is 504 g/mol. The van der Waals surface area contributed by atoms with Crippen LogP contribution in [0.25, 0.3) is 16.6 Å². The van der Waals surface area contributed by atoms with Crippen LogP contribution in [0.1, 0.15) is 55.3 Å². The van der Waals surface area contributed by atoms with Crippen LogP contribution in [-0.4, -0.2) is 25.4 Å². The zero-order valence-corrected chi connectivity index (χ0v) is 21.2. The van der Waals surface area contributed by atoms with Gasteiger partial charge in [0, 0.05) is 53.9 Å². The molecule has 0 atom stereocenters. The molecule has 0 bridgehead atoms. The summed E-state index contributed by atoms with van der Waals surface area (Å²) >= 11 is 6.54. The molecule has 0 saturated heterocycles. The highest BCUT2D eigenvalue weighted by molar-refractivity contribution is 6.31. The van der Waals surface area contributed by atoms with Crippen molar-refractivity contribution in [2.45, 2.75) is 58.6 Å². The van der Waals surface area contributed by atoms with Crippen LogP contribution < -0.4 is 10.1 Å². The Labute approximate surface area is 215 Å². The monoisotopic (exact) mass is 503 g/mol. The van der Waals surface area contributed by atoms with Gasteiger partial charge in [-0.05, 0) is 37.5 Å². The molecule has 1 saturated carbocycles. The number of fused-ring (bicyclic) bond motifs is 1. The maximum Gasteiger partial charge on any atom is 0.223 e. The van der Waals surface area contributed by atoms with E-state index in [0.29, 0.717) is 17.3 Å². The molecule has 1 aliphatic carbocycles. The van der Waals surface area contributed by atoms with Gasteiger partial charge in [0.1, 0.15) is 17.9 Å². The van der Waals surface area contributed by atoms with Crippen LogP contribution in [0.15, 0.2) is 55.4 Å². The highest BCUT2D eigenvalue weighted by atomic mass is 35.5. The number of aromatic nitrogens is 4. The number of benzene rings is 1. The van der Waals surface area contributed by atoms with Gasteiger partial charge in [-0.2, -0.15) is 0 Å². The van der Waals surface area contributed by atoms with Crippen molar-refractivity contribution in [2.24, 2.45) is 5.92 Å². The number of pyridine rings is 2. The molecule has 1 N–H and O–H groups in total. The fraction of sp³-hybridized carbons (Fsp3) is 0.357. The summed E-state index contributed by atoms with van der Waals surface area (Å²) in [7, 11) is 0. The fourth-order valence-electron chi connectivity index (χ4n) is 4.89. The predicted molar refractivity (Wildman–Crippen MR) is 140 cm³/mol. The first-order valence-electron chi connectivity index (χ1n) is 12.5. The number of amides is 1. The number of imidazole rings is 1. The molecular formula is C28H30ClN5O2. The quantitative estimate of drug-likeness (QED) is 0.315. The smallest absolute Gasteiger partial charge is 0.223 e. The van der Waals surface area contributed by atoms with Gasteiger partial charge >= 0.3 is 0 Å². The summed E-state index contributed by atoms with van der Waals surface area (Å²) < 4.78 is 8.25. The van der Waals surface area contributed by atoms with E-state index in [1.807, 2.05) is 42.0 Å². The Hall–Kier alpha value is -3.45. The van der Waals surface area contributed by atoms with Crippen LogP contribution >= 0.6 is 11.6 Å². The minimum absolute atomic E-state index is 0.0917. The van der Waals surface area contributed by atoms with Gasteiger partial charge in [-0.3, -0.25) is 9.78 Å². The molecule has 0 unspecified atom stereocenters. The van der Waals surface area contributed by atoms with Crippen LogP contribution in [0.5, 0.6) is 5.75 Å². The van der Waals surface area contributed by atoms with E-state index in [0.717, 1.165) is 59.1 Å². The maximum atomic E-state index is 12.8. The molecule has 8 heteroatoms. The van der Waals surface area contributed by atoms with Gasteiger partial charge in [-0.25, -0.2) is 9.97 Å². The van der Waals surface area contributed by atoms with Crippen LogP contribution in [0, 0.1) is 12.8 Å². The van der Waals surface area contributed by atoms with Crippen molar-refractivity contribution >= 4 is 28.4 Å². The standard InChI is InChI=1S/C28H30ClN5O2/c1-19-13-25(34-12-11-30-18-34)22-9-6-10-26(27(22)33-19)36-17-23-21(14-31-16-24(23)29)15-32-28(35)20-7-4-2-3-5-8-20/h6,9-14,16,18,20H,2-5,7-8,15,17H2,1H3,(H,32,35). The van der Waals surface area contributed by atoms with Crippen LogP contribution in [0.4, 0.5) is 0 Å². The normalized spacial score (nSPS) is 14.5. The van der Waals surface area contributed by atoms with E-state index in [1.54, 1.807) is 24.9 Å². The second-order valence-electron chi connectivity index (χ2n) is 9.36. The molecule has 0 radical (unpaired) electrons. The SMILES string of the molecule is Cc1cc(-n2ccnc2)c2cccc(OCc3c(Cl)cncc3CNC(=O)C3CCCCCC3)c2n1. The van der Waals surface area contributed by atoms with Gasteiger partial charge in [-0.1, -0.05) is 49.4 Å². The van der Waals surface area contributed by atoms with E-state index < -0.39 is 0 Å². The first-order chi connectivity index (χ1) is 17.6. The number of aryl methyl sites for hydroxylation is 1. The molecule has 3 aromatic heterocycles. The van der Waals surface area contributed by atoms with Crippen LogP contribution in [0.2, 0.25) is 5.02 Å². The molecule has 186 valence electrons. The van der Waals surface area contributed by atoms with Gasteiger partial charge in [0.2, 0.25) is 5.91 Å². The minimum atomic E-state index is 0.0917. The first kappa shape index (κ1) is 24.3. The lowest BCUT2D eigenvalue weighted by Gasteiger charge is -2.17. The molecule has 4 aromatic rings. The highest BCUT2D eigenvalue weighted by Gasteiger charge is 2.20. The van der Waals surface area contributed by atoms with Gasteiger partial charge in [0.15, 0.2) is 0 Å². The molecule has 1 fully saturated rings. The average Bonchev–Trinajstić information content (AvgIpc) is 3.28. The third-order valence-electron chi connectivity index (χ3n) is 6.84. The second kappa shape index (κ2) is 11.1. The third kappa shape index (κ3) is 5.36.